The van der Waals surface area contributed by atoms with E-state index in [9.17, 15) is 8.42 Å². The maximum atomic E-state index is 11.5. The number of hydrogen-bond donors (Lipinski definition) is 0. The average Bonchev–Trinajstić information content (AvgIpc) is 2.27. The van der Waals surface area contributed by atoms with Gasteiger partial charge in [-0.05, 0) is 25.7 Å². The molecule has 5 heteroatoms. The zero-order valence-corrected chi connectivity index (χ0v) is 13.5. The van der Waals surface area contributed by atoms with Crippen molar-refractivity contribution >= 4 is 10.0 Å². The predicted molar refractivity (Wildman–Crippen MR) is 76.1 cm³/mol. The van der Waals surface area contributed by atoms with Crippen LogP contribution < -0.4 is 0 Å². The van der Waals surface area contributed by atoms with E-state index in [1.54, 1.807) is 4.31 Å². The third-order valence-electron chi connectivity index (χ3n) is 5.04. The lowest BCUT2D eigenvalue weighted by molar-refractivity contribution is -0.0103. The molecule has 0 radical (unpaired) electrons. The van der Waals surface area contributed by atoms with Crippen LogP contribution in [-0.4, -0.2) is 55.6 Å². The largest absolute Gasteiger partial charge is 0.295 e. The number of rotatable bonds is 4. The third kappa shape index (κ3) is 3.06. The van der Waals surface area contributed by atoms with Gasteiger partial charge in [-0.1, -0.05) is 20.8 Å². The Morgan fingerprint density at radius 3 is 1.78 bits per heavy atom. The monoisotopic (exact) mass is 276 g/mol. The zero-order chi connectivity index (χ0) is 14.2. The summed E-state index contributed by atoms with van der Waals surface area (Å²) < 4.78 is 24.6. The molecule has 0 aromatic heterocycles. The molecule has 1 saturated heterocycles. The van der Waals surface area contributed by atoms with Gasteiger partial charge in [-0.25, -0.2) is 8.42 Å². The molecule has 0 aromatic carbocycles. The lowest BCUT2D eigenvalue weighted by atomic mass is 9.71. The van der Waals surface area contributed by atoms with Gasteiger partial charge in [0, 0.05) is 31.7 Å². The molecule has 0 N–H and O–H groups in total. The maximum absolute atomic E-state index is 11.5. The molecule has 0 aliphatic carbocycles. The zero-order valence-electron chi connectivity index (χ0n) is 12.7. The van der Waals surface area contributed by atoms with Crippen molar-refractivity contribution in [2.24, 2.45) is 5.41 Å². The molecular formula is C13H28N2O2S. The van der Waals surface area contributed by atoms with E-state index >= 15 is 0 Å². The molecule has 1 heterocycles. The van der Waals surface area contributed by atoms with Crippen LogP contribution in [-0.2, 0) is 10.0 Å². The van der Waals surface area contributed by atoms with E-state index in [1.807, 2.05) is 0 Å². The molecular weight excluding hydrogens is 248 g/mol. The summed E-state index contributed by atoms with van der Waals surface area (Å²) in [5, 5.41) is 0. The van der Waals surface area contributed by atoms with Gasteiger partial charge in [0.1, 0.15) is 0 Å². The van der Waals surface area contributed by atoms with E-state index in [0.29, 0.717) is 13.1 Å². The summed E-state index contributed by atoms with van der Waals surface area (Å²) in [7, 11) is -3.03. The van der Waals surface area contributed by atoms with Crippen LogP contribution in [0.15, 0.2) is 0 Å². The second-order valence-corrected chi connectivity index (χ2v) is 8.43. The minimum absolute atomic E-state index is 0.0886. The van der Waals surface area contributed by atoms with Gasteiger partial charge in [-0.15, -0.1) is 0 Å². The molecule has 1 rings (SSSR count). The third-order valence-corrected chi connectivity index (χ3v) is 6.34. The van der Waals surface area contributed by atoms with Gasteiger partial charge in [0.05, 0.1) is 6.26 Å². The SMILES string of the molecule is CCC(C)(C)C(C)(C)N1CCN(S(C)(=O)=O)CC1. The first-order valence-electron chi connectivity index (χ1n) is 6.72. The summed E-state index contributed by atoms with van der Waals surface area (Å²) in [6.07, 6.45) is 2.41. The molecule has 1 aliphatic rings. The fourth-order valence-electron chi connectivity index (χ4n) is 2.44. The van der Waals surface area contributed by atoms with E-state index < -0.39 is 10.0 Å². The van der Waals surface area contributed by atoms with Crippen LogP contribution in [0, 0.1) is 5.41 Å². The average molecular weight is 276 g/mol. The van der Waals surface area contributed by atoms with Crippen molar-refractivity contribution in [3.8, 4) is 0 Å². The molecule has 0 bridgehead atoms. The van der Waals surface area contributed by atoms with Gasteiger partial charge in [0.25, 0.3) is 0 Å². The molecule has 0 saturated carbocycles. The van der Waals surface area contributed by atoms with E-state index in [0.717, 1.165) is 19.5 Å². The van der Waals surface area contributed by atoms with Crippen molar-refractivity contribution in [1.82, 2.24) is 9.21 Å². The first-order valence-corrected chi connectivity index (χ1v) is 8.57. The Morgan fingerprint density at radius 1 is 1.00 bits per heavy atom. The first kappa shape index (κ1) is 15.9. The van der Waals surface area contributed by atoms with Crippen molar-refractivity contribution in [3.63, 3.8) is 0 Å². The minimum Gasteiger partial charge on any atom is -0.295 e. The van der Waals surface area contributed by atoms with Crippen LogP contribution in [0.3, 0.4) is 0 Å². The van der Waals surface area contributed by atoms with Crippen molar-refractivity contribution in [2.45, 2.75) is 46.6 Å². The van der Waals surface area contributed by atoms with Crippen LogP contribution in [0.2, 0.25) is 0 Å². The Morgan fingerprint density at radius 2 is 1.44 bits per heavy atom. The van der Waals surface area contributed by atoms with E-state index in [2.05, 4.69) is 39.5 Å². The lowest BCUT2D eigenvalue weighted by Gasteiger charge is -2.51. The van der Waals surface area contributed by atoms with Crippen molar-refractivity contribution < 1.29 is 8.42 Å². The number of nitrogens with zero attached hydrogens (tertiary/aromatic N) is 2. The molecule has 0 amide bonds. The molecule has 108 valence electrons. The molecule has 1 fully saturated rings. The van der Waals surface area contributed by atoms with Gasteiger partial charge >= 0.3 is 0 Å². The summed E-state index contributed by atoms with van der Waals surface area (Å²) in [4.78, 5) is 2.43. The van der Waals surface area contributed by atoms with Crippen molar-refractivity contribution in [3.05, 3.63) is 0 Å². The van der Waals surface area contributed by atoms with Gasteiger partial charge < -0.3 is 0 Å². The Bertz CT molecular complexity index is 380. The van der Waals surface area contributed by atoms with Gasteiger partial charge in [0.15, 0.2) is 0 Å². The second-order valence-electron chi connectivity index (χ2n) is 6.45. The fraction of sp³-hybridized carbons (Fsp3) is 1.00. The summed E-state index contributed by atoms with van der Waals surface area (Å²) in [6, 6.07) is 0. The van der Waals surface area contributed by atoms with Crippen LogP contribution >= 0.6 is 0 Å². The fourth-order valence-corrected chi connectivity index (χ4v) is 3.27. The number of piperazine rings is 1. The van der Waals surface area contributed by atoms with Gasteiger partial charge in [-0.2, -0.15) is 4.31 Å². The molecule has 1 aliphatic heterocycles. The molecule has 0 unspecified atom stereocenters. The summed E-state index contributed by atoms with van der Waals surface area (Å²) in [5.74, 6) is 0. The maximum Gasteiger partial charge on any atom is 0.211 e. The predicted octanol–water partition coefficient (Wildman–Crippen LogP) is 1.78. The van der Waals surface area contributed by atoms with Crippen LogP contribution in [0.1, 0.15) is 41.0 Å². The van der Waals surface area contributed by atoms with Crippen molar-refractivity contribution in [1.29, 1.82) is 0 Å². The molecule has 0 atom stereocenters. The lowest BCUT2D eigenvalue weighted by Crippen LogP contribution is -2.60. The minimum atomic E-state index is -3.03. The Kier molecular flexibility index (Phi) is 4.51. The summed E-state index contributed by atoms with van der Waals surface area (Å²) in [5.41, 5.74) is 0.311. The standard InChI is InChI=1S/C13H28N2O2S/c1-7-12(2,3)13(4,5)14-8-10-15(11-9-14)18(6,16)17/h7-11H2,1-6H3. The Balaban J connectivity index is 2.74. The quantitative estimate of drug-likeness (QED) is 0.786. The van der Waals surface area contributed by atoms with E-state index in [1.165, 1.54) is 6.26 Å². The topological polar surface area (TPSA) is 40.6 Å². The van der Waals surface area contributed by atoms with Gasteiger partial charge in [0.2, 0.25) is 10.0 Å². The highest BCUT2D eigenvalue weighted by Crippen LogP contribution is 2.38. The van der Waals surface area contributed by atoms with Crippen LogP contribution in [0.4, 0.5) is 0 Å². The molecule has 0 aromatic rings. The summed E-state index contributed by atoms with van der Waals surface area (Å²) >= 11 is 0. The number of sulfonamides is 1. The molecule has 18 heavy (non-hydrogen) atoms. The Hall–Kier alpha value is -0.130. The molecule has 0 spiro atoms. The second kappa shape index (κ2) is 5.10. The van der Waals surface area contributed by atoms with Crippen LogP contribution in [0.5, 0.6) is 0 Å². The highest BCUT2D eigenvalue weighted by Gasteiger charge is 2.41. The van der Waals surface area contributed by atoms with Crippen molar-refractivity contribution in [2.75, 3.05) is 32.4 Å². The van der Waals surface area contributed by atoms with E-state index in [-0.39, 0.29) is 11.0 Å². The number of hydrogen-bond acceptors (Lipinski definition) is 3. The molecule has 4 nitrogen and oxygen atoms in total. The van der Waals surface area contributed by atoms with Gasteiger partial charge in [-0.3, -0.25) is 4.90 Å². The highest BCUT2D eigenvalue weighted by molar-refractivity contribution is 7.88. The normalized spacial score (nSPS) is 21.2. The Labute approximate surface area is 112 Å². The first-order chi connectivity index (χ1) is 8.02. The van der Waals surface area contributed by atoms with Crippen LogP contribution in [0.25, 0.3) is 0 Å². The smallest absolute Gasteiger partial charge is 0.211 e. The van der Waals surface area contributed by atoms with E-state index in [4.69, 9.17) is 0 Å². The highest BCUT2D eigenvalue weighted by atomic mass is 32.2. The summed E-state index contributed by atoms with van der Waals surface area (Å²) in [6.45, 7) is 14.2.